The van der Waals surface area contributed by atoms with Crippen molar-refractivity contribution in [1.82, 2.24) is 5.32 Å². The molecule has 0 heterocycles. The van der Waals surface area contributed by atoms with Gasteiger partial charge in [0.25, 0.3) is 0 Å². The Morgan fingerprint density at radius 1 is 0.775 bits per heavy atom. The molecule has 0 aliphatic carbocycles. The highest BCUT2D eigenvalue weighted by molar-refractivity contribution is 5.76. The van der Waals surface area contributed by atoms with Gasteiger partial charge in [0.05, 0.1) is 7.11 Å². The topological polar surface area (TPSA) is 136 Å². The average Bonchev–Trinajstić information content (AvgIpc) is 2.91. The van der Waals surface area contributed by atoms with E-state index < -0.39 is 30.4 Å². The van der Waals surface area contributed by atoms with Gasteiger partial charge in [-0.25, -0.2) is 9.59 Å². The maximum absolute atomic E-state index is 12.5. The molecule has 0 bridgehead atoms. The summed E-state index contributed by atoms with van der Waals surface area (Å²) in [7, 11) is 1.27. The number of methoxy groups -OCH3 is 1. The number of nitrogens with one attached hydrogen (secondary N) is 1. The van der Waals surface area contributed by atoms with Crippen LogP contribution in [0.15, 0.2) is 18.2 Å². The number of esters is 2. The first kappa shape index (κ1) is 34.7. The molecule has 1 N–H and O–H groups in total. The Hall–Kier alpha value is -3.34. The highest BCUT2D eigenvalue weighted by atomic mass is 16.7. The zero-order chi connectivity index (χ0) is 30.2. The van der Waals surface area contributed by atoms with E-state index in [1.54, 1.807) is 26.8 Å². The third-order valence-electron chi connectivity index (χ3n) is 6.26. The summed E-state index contributed by atoms with van der Waals surface area (Å²) >= 11 is 0. The lowest BCUT2D eigenvalue weighted by atomic mass is 10.0. The van der Waals surface area contributed by atoms with E-state index in [4.69, 9.17) is 28.4 Å². The zero-order valence-electron chi connectivity index (χ0n) is 24.9. The van der Waals surface area contributed by atoms with Gasteiger partial charge in [0.1, 0.15) is 24.4 Å². The minimum atomic E-state index is -0.970. The number of carbonyl (C=O) groups excluding carboxylic acids is 4. The Labute approximate surface area is 237 Å². The predicted molar refractivity (Wildman–Crippen MR) is 147 cm³/mol. The van der Waals surface area contributed by atoms with Crippen LogP contribution in [0.4, 0.5) is 9.59 Å². The predicted octanol–water partition coefficient (Wildman–Crippen LogP) is 5.36. The number of carbonyl (C=O) groups is 4. The Morgan fingerprint density at radius 2 is 1.35 bits per heavy atom. The van der Waals surface area contributed by atoms with E-state index in [1.165, 1.54) is 19.2 Å². The van der Waals surface area contributed by atoms with E-state index in [0.717, 1.165) is 6.42 Å². The first-order valence-electron chi connectivity index (χ1n) is 13.8. The Bertz CT molecular complexity index is 966. The van der Waals surface area contributed by atoms with Gasteiger partial charge in [0, 0.05) is 13.0 Å². The van der Waals surface area contributed by atoms with Crippen LogP contribution in [0, 0.1) is 5.92 Å². The molecule has 40 heavy (non-hydrogen) atoms. The van der Waals surface area contributed by atoms with Crippen LogP contribution in [-0.4, -0.2) is 62.3 Å². The SMILES string of the molecule is CCC(C)CC(=O)OC(C)CN[C@@H](Cc1ccc(OC(=O)OC(C)CC)c(OC(=O)OC(C)CC)c1)C(=O)OC. The molecule has 0 amide bonds. The minimum absolute atomic E-state index is 0.0532. The van der Waals surface area contributed by atoms with Gasteiger partial charge < -0.3 is 33.7 Å². The summed E-state index contributed by atoms with van der Waals surface area (Å²) in [6, 6.07) is 3.72. The lowest BCUT2D eigenvalue weighted by Gasteiger charge is -2.21. The molecule has 1 rings (SSSR count). The highest BCUT2D eigenvalue weighted by Crippen LogP contribution is 2.30. The maximum Gasteiger partial charge on any atom is 0.514 e. The Kier molecular flexibility index (Phi) is 15.7. The second-order valence-electron chi connectivity index (χ2n) is 9.86. The number of rotatable bonds is 16. The number of hydrogen-bond acceptors (Lipinski definition) is 11. The van der Waals surface area contributed by atoms with Crippen LogP contribution < -0.4 is 14.8 Å². The molecular weight excluding hydrogens is 522 g/mol. The second-order valence-corrected chi connectivity index (χ2v) is 9.86. The van der Waals surface area contributed by atoms with Gasteiger partial charge in [-0.1, -0.05) is 40.2 Å². The highest BCUT2D eigenvalue weighted by Gasteiger charge is 2.24. The van der Waals surface area contributed by atoms with Gasteiger partial charge >= 0.3 is 24.2 Å². The molecule has 226 valence electrons. The van der Waals surface area contributed by atoms with Crippen LogP contribution in [0.5, 0.6) is 11.5 Å². The molecule has 0 aromatic heterocycles. The van der Waals surface area contributed by atoms with E-state index in [2.05, 4.69) is 5.32 Å². The third-order valence-corrected chi connectivity index (χ3v) is 6.26. The molecular formula is C29H45NO10. The van der Waals surface area contributed by atoms with Crippen molar-refractivity contribution in [1.29, 1.82) is 0 Å². The summed E-state index contributed by atoms with van der Waals surface area (Å²) in [4.78, 5) is 49.2. The molecule has 4 unspecified atom stereocenters. The van der Waals surface area contributed by atoms with E-state index in [-0.39, 0.29) is 48.6 Å². The van der Waals surface area contributed by atoms with Crippen LogP contribution in [0.25, 0.3) is 0 Å². The van der Waals surface area contributed by atoms with Crippen LogP contribution >= 0.6 is 0 Å². The molecule has 0 aliphatic heterocycles. The van der Waals surface area contributed by atoms with Crippen molar-refractivity contribution in [3.63, 3.8) is 0 Å². The summed E-state index contributed by atoms with van der Waals surface area (Å²) < 4.78 is 31.4. The van der Waals surface area contributed by atoms with Gasteiger partial charge in [-0.2, -0.15) is 0 Å². The first-order valence-corrected chi connectivity index (χ1v) is 13.8. The smallest absolute Gasteiger partial charge is 0.468 e. The van der Waals surface area contributed by atoms with E-state index in [0.29, 0.717) is 24.8 Å². The summed E-state index contributed by atoms with van der Waals surface area (Å²) in [6.45, 7) is 13.1. The van der Waals surface area contributed by atoms with Gasteiger partial charge in [0.2, 0.25) is 0 Å². The van der Waals surface area contributed by atoms with Crippen LogP contribution in [0.1, 0.15) is 79.7 Å². The molecule has 1 aromatic carbocycles. The summed E-state index contributed by atoms with van der Waals surface area (Å²) in [5, 5.41) is 3.07. The molecule has 0 radical (unpaired) electrons. The molecule has 0 saturated carbocycles. The molecule has 0 fully saturated rings. The summed E-state index contributed by atoms with van der Waals surface area (Å²) in [5.74, 6) is -0.746. The van der Waals surface area contributed by atoms with Crippen LogP contribution in [0.2, 0.25) is 0 Å². The standard InChI is InChI=1S/C29H45NO10/c1-9-18(4)14-26(31)36-21(7)17-30-23(27(32)35-8)15-22-12-13-24(39-28(33)37-19(5)10-2)25(16-22)40-29(34)38-20(6)11-3/h12-13,16,18-21,23,30H,9-11,14-15,17H2,1-8H3/t18?,19?,20?,21?,23-/m0/s1. The fraction of sp³-hybridized carbons (Fsp3) is 0.655. The molecule has 5 atom stereocenters. The summed E-state index contributed by atoms with van der Waals surface area (Å²) in [6.07, 6.45) is -0.651. The average molecular weight is 568 g/mol. The van der Waals surface area contributed by atoms with Crippen LogP contribution in [-0.2, 0) is 35.0 Å². The maximum atomic E-state index is 12.5. The van der Waals surface area contributed by atoms with Crippen molar-refractivity contribution in [3.8, 4) is 11.5 Å². The molecule has 1 aromatic rings. The molecule has 11 nitrogen and oxygen atoms in total. The van der Waals surface area contributed by atoms with Crippen LogP contribution in [0.3, 0.4) is 0 Å². The van der Waals surface area contributed by atoms with E-state index in [9.17, 15) is 19.2 Å². The fourth-order valence-electron chi connectivity index (χ4n) is 3.23. The van der Waals surface area contributed by atoms with Gasteiger partial charge in [0.15, 0.2) is 11.5 Å². The first-order chi connectivity index (χ1) is 18.9. The van der Waals surface area contributed by atoms with E-state index >= 15 is 0 Å². The van der Waals surface area contributed by atoms with Crippen molar-refractivity contribution in [2.45, 2.75) is 105 Å². The zero-order valence-corrected chi connectivity index (χ0v) is 24.9. The fourth-order valence-corrected chi connectivity index (χ4v) is 3.23. The minimum Gasteiger partial charge on any atom is -0.468 e. The Balaban J connectivity index is 3.06. The summed E-state index contributed by atoms with van der Waals surface area (Å²) in [5.41, 5.74) is 0.568. The van der Waals surface area contributed by atoms with Crippen molar-refractivity contribution in [3.05, 3.63) is 23.8 Å². The quantitative estimate of drug-likeness (QED) is 0.157. The lowest BCUT2D eigenvalue weighted by molar-refractivity contribution is -0.149. The number of benzene rings is 1. The number of hydrogen-bond donors (Lipinski definition) is 1. The Morgan fingerprint density at radius 3 is 1.88 bits per heavy atom. The van der Waals surface area contributed by atoms with Crippen molar-refractivity contribution >= 4 is 24.2 Å². The molecule has 11 heteroatoms. The van der Waals surface area contributed by atoms with Crippen molar-refractivity contribution < 1.29 is 47.6 Å². The van der Waals surface area contributed by atoms with E-state index in [1.807, 2.05) is 27.7 Å². The lowest BCUT2D eigenvalue weighted by Crippen LogP contribution is -2.43. The monoisotopic (exact) mass is 567 g/mol. The third kappa shape index (κ3) is 13.1. The van der Waals surface area contributed by atoms with Crippen molar-refractivity contribution in [2.24, 2.45) is 5.92 Å². The van der Waals surface area contributed by atoms with Gasteiger partial charge in [-0.3, -0.25) is 9.59 Å². The second kappa shape index (κ2) is 18.1. The molecule has 0 spiro atoms. The van der Waals surface area contributed by atoms with Crippen molar-refractivity contribution in [2.75, 3.05) is 13.7 Å². The number of ether oxygens (including phenoxy) is 6. The normalized spacial score (nSPS) is 14.6. The van der Waals surface area contributed by atoms with Gasteiger partial charge in [-0.05, 0) is 63.6 Å². The molecule has 0 aliphatic rings. The molecule has 0 saturated heterocycles. The largest absolute Gasteiger partial charge is 0.514 e. The van der Waals surface area contributed by atoms with Gasteiger partial charge in [-0.15, -0.1) is 0 Å².